The fraction of sp³-hybridized carbons (Fsp3) is 0.375. The number of hydrogen-bond acceptors (Lipinski definition) is 9. The summed E-state index contributed by atoms with van der Waals surface area (Å²) in [6.45, 7) is 1.89. The van der Waals surface area contributed by atoms with Gasteiger partial charge in [-0.15, -0.1) is 0 Å². The van der Waals surface area contributed by atoms with E-state index in [4.69, 9.17) is 5.73 Å². The van der Waals surface area contributed by atoms with Crippen LogP contribution in [-0.4, -0.2) is 52.3 Å². The normalized spacial score (nSPS) is 17.5. The van der Waals surface area contributed by atoms with Crippen molar-refractivity contribution in [1.29, 1.82) is 0 Å². The quantitative estimate of drug-likeness (QED) is 0.374. The van der Waals surface area contributed by atoms with Crippen molar-refractivity contribution < 1.29 is 9.59 Å². The molecule has 0 unspecified atom stereocenters. The molecule has 5 N–H and O–H groups in total. The fourth-order valence-corrected chi connectivity index (χ4v) is 4.70. The molecule has 1 saturated carbocycles. The second kappa shape index (κ2) is 10.7. The number of aromatic nitrogens is 3. The van der Waals surface area contributed by atoms with E-state index in [-0.39, 0.29) is 23.7 Å². The minimum atomic E-state index is -0.652. The van der Waals surface area contributed by atoms with E-state index in [1.165, 1.54) is 17.7 Å². The van der Waals surface area contributed by atoms with Crippen LogP contribution in [0, 0.1) is 6.92 Å². The molecule has 2 heterocycles. The van der Waals surface area contributed by atoms with Crippen LogP contribution in [0.15, 0.2) is 36.5 Å². The molecule has 0 atom stereocenters. The summed E-state index contributed by atoms with van der Waals surface area (Å²) in [6, 6.07) is 9.78. The summed E-state index contributed by atoms with van der Waals surface area (Å²) in [4.78, 5) is 35.2. The first-order valence-electron chi connectivity index (χ1n) is 11.5. The molecule has 1 aromatic carbocycles. The van der Waals surface area contributed by atoms with Crippen molar-refractivity contribution in [3.8, 4) is 0 Å². The van der Waals surface area contributed by atoms with E-state index in [1.54, 1.807) is 0 Å². The van der Waals surface area contributed by atoms with Crippen LogP contribution in [0.2, 0.25) is 0 Å². The maximum Gasteiger partial charge on any atom is 0.271 e. The third-order valence-electron chi connectivity index (χ3n) is 5.94. The zero-order chi connectivity index (χ0) is 24.9. The van der Waals surface area contributed by atoms with E-state index in [2.05, 4.69) is 30.3 Å². The molecule has 3 aromatic rings. The number of nitrogens with zero attached hydrogens (tertiary/aromatic N) is 4. The standard InChI is InChI=1S/C24H30N8O2S/c1-14-12-20(35-31-14)30-23-21(22(25)33)26-13-19(29-23)27-16-6-8-17(9-7-16)28-24(34)15-4-10-18(11-5-15)32(2)3/h4-5,10-13,16-17H,6-9H2,1-3H3,(H2,25,33)(H,28,34)(H2,27,29,30). The molecular weight excluding hydrogens is 464 g/mol. The summed E-state index contributed by atoms with van der Waals surface area (Å²) in [5.41, 5.74) is 8.14. The molecule has 35 heavy (non-hydrogen) atoms. The van der Waals surface area contributed by atoms with E-state index >= 15 is 0 Å². The molecule has 0 spiro atoms. The lowest BCUT2D eigenvalue weighted by atomic mass is 9.91. The number of primary amides is 1. The van der Waals surface area contributed by atoms with Gasteiger partial charge in [0.15, 0.2) is 11.5 Å². The first-order valence-corrected chi connectivity index (χ1v) is 12.3. The van der Waals surface area contributed by atoms with Crippen LogP contribution in [0.5, 0.6) is 0 Å². The largest absolute Gasteiger partial charge is 0.378 e. The monoisotopic (exact) mass is 494 g/mol. The second-order valence-corrected chi connectivity index (χ2v) is 9.69. The fourth-order valence-electron chi connectivity index (χ4n) is 4.04. The van der Waals surface area contributed by atoms with Crippen molar-refractivity contribution in [3.05, 3.63) is 53.5 Å². The number of nitrogens with one attached hydrogen (secondary N) is 3. The highest BCUT2D eigenvalue weighted by Gasteiger charge is 2.24. The van der Waals surface area contributed by atoms with Crippen molar-refractivity contribution >= 4 is 45.7 Å². The van der Waals surface area contributed by atoms with Gasteiger partial charge in [-0.1, -0.05) is 0 Å². The lowest BCUT2D eigenvalue weighted by Gasteiger charge is -2.30. The Bertz CT molecular complexity index is 1190. The highest BCUT2D eigenvalue weighted by molar-refractivity contribution is 7.10. The summed E-state index contributed by atoms with van der Waals surface area (Å²) >= 11 is 1.27. The predicted octanol–water partition coefficient (Wildman–Crippen LogP) is 3.30. The first kappa shape index (κ1) is 24.4. The number of benzene rings is 1. The summed E-state index contributed by atoms with van der Waals surface area (Å²) in [6.07, 6.45) is 4.99. The number of rotatable bonds is 8. The molecule has 2 amide bonds. The van der Waals surface area contributed by atoms with Gasteiger partial charge in [0.05, 0.1) is 11.9 Å². The van der Waals surface area contributed by atoms with E-state index in [0.717, 1.165) is 42.1 Å². The van der Waals surface area contributed by atoms with Crippen LogP contribution in [0.25, 0.3) is 0 Å². The lowest BCUT2D eigenvalue weighted by molar-refractivity contribution is 0.0925. The van der Waals surface area contributed by atoms with Crippen molar-refractivity contribution in [2.24, 2.45) is 5.73 Å². The zero-order valence-corrected chi connectivity index (χ0v) is 20.9. The Morgan fingerprint density at radius 1 is 1.09 bits per heavy atom. The van der Waals surface area contributed by atoms with Crippen LogP contribution >= 0.6 is 11.5 Å². The van der Waals surface area contributed by atoms with Gasteiger partial charge in [-0.2, -0.15) is 4.37 Å². The van der Waals surface area contributed by atoms with Crippen LogP contribution in [0.3, 0.4) is 0 Å². The highest BCUT2D eigenvalue weighted by Crippen LogP contribution is 2.26. The molecule has 4 rings (SSSR count). The molecule has 0 saturated heterocycles. The van der Waals surface area contributed by atoms with Gasteiger partial charge in [-0.25, -0.2) is 9.97 Å². The maximum atomic E-state index is 12.6. The Hall–Kier alpha value is -3.73. The van der Waals surface area contributed by atoms with Crippen LogP contribution in [0.4, 0.5) is 22.3 Å². The minimum absolute atomic E-state index is 0.0476. The number of aryl methyl sites for hydroxylation is 1. The lowest BCUT2D eigenvalue weighted by Crippen LogP contribution is -2.40. The van der Waals surface area contributed by atoms with Gasteiger partial charge in [-0.05, 0) is 74.5 Å². The highest BCUT2D eigenvalue weighted by atomic mass is 32.1. The second-order valence-electron chi connectivity index (χ2n) is 8.88. The topological polar surface area (TPSA) is 138 Å². The van der Waals surface area contributed by atoms with Crippen LogP contribution in [-0.2, 0) is 0 Å². The number of anilines is 4. The maximum absolute atomic E-state index is 12.6. The van der Waals surface area contributed by atoms with Gasteiger partial charge in [-0.3, -0.25) is 9.59 Å². The Morgan fingerprint density at radius 2 is 1.77 bits per heavy atom. The summed E-state index contributed by atoms with van der Waals surface area (Å²) in [7, 11) is 3.94. The number of carbonyl (C=O) groups is 2. The Kier molecular flexibility index (Phi) is 7.45. The number of carbonyl (C=O) groups excluding carboxylic acids is 2. The molecule has 1 aliphatic rings. The predicted molar refractivity (Wildman–Crippen MR) is 139 cm³/mol. The van der Waals surface area contributed by atoms with Gasteiger partial charge in [0, 0.05) is 37.4 Å². The van der Waals surface area contributed by atoms with E-state index < -0.39 is 5.91 Å². The Balaban J connectivity index is 1.33. The molecule has 1 aliphatic carbocycles. The summed E-state index contributed by atoms with van der Waals surface area (Å²) < 4.78 is 4.23. The van der Waals surface area contributed by atoms with Gasteiger partial charge < -0.3 is 26.6 Å². The number of hydrogen-bond donors (Lipinski definition) is 4. The molecule has 184 valence electrons. The van der Waals surface area contributed by atoms with Gasteiger partial charge in [0.25, 0.3) is 11.8 Å². The van der Waals surface area contributed by atoms with Gasteiger partial charge in [0.1, 0.15) is 10.8 Å². The first-order chi connectivity index (χ1) is 16.8. The molecule has 1 fully saturated rings. The average Bonchev–Trinajstić information content (AvgIpc) is 3.24. The van der Waals surface area contributed by atoms with E-state index in [1.807, 2.05) is 56.3 Å². The minimum Gasteiger partial charge on any atom is -0.378 e. The molecule has 0 aliphatic heterocycles. The molecular formula is C24H30N8O2S. The van der Waals surface area contributed by atoms with Crippen molar-refractivity contribution in [2.75, 3.05) is 29.6 Å². The average molecular weight is 495 g/mol. The van der Waals surface area contributed by atoms with Gasteiger partial charge in [0.2, 0.25) is 0 Å². The molecule has 10 nitrogen and oxygen atoms in total. The third kappa shape index (κ3) is 6.24. The Morgan fingerprint density at radius 3 is 2.37 bits per heavy atom. The Labute approximate surface area is 208 Å². The molecule has 0 radical (unpaired) electrons. The molecule has 0 bridgehead atoms. The summed E-state index contributed by atoms with van der Waals surface area (Å²) in [5, 5.41) is 10.4. The zero-order valence-electron chi connectivity index (χ0n) is 20.0. The summed E-state index contributed by atoms with van der Waals surface area (Å²) in [5.74, 6) is 0.161. The van der Waals surface area contributed by atoms with E-state index in [0.29, 0.717) is 17.2 Å². The van der Waals surface area contributed by atoms with Crippen LogP contribution in [0.1, 0.15) is 52.2 Å². The molecule has 2 aromatic heterocycles. The van der Waals surface area contributed by atoms with Crippen LogP contribution < -0.4 is 26.6 Å². The number of nitrogens with two attached hydrogens (primary N) is 1. The van der Waals surface area contributed by atoms with Crippen molar-refractivity contribution in [2.45, 2.75) is 44.7 Å². The third-order valence-corrected chi connectivity index (χ3v) is 6.73. The smallest absolute Gasteiger partial charge is 0.271 e. The van der Waals surface area contributed by atoms with Crippen molar-refractivity contribution in [1.82, 2.24) is 19.7 Å². The SMILES string of the molecule is Cc1cc(Nc2nc(NC3CCC(NC(=O)c4ccc(N(C)C)cc4)CC3)cnc2C(N)=O)sn1. The number of amides is 2. The van der Waals surface area contributed by atoms with Gasteiger partial charge >= 0.3 is 0 Å². The van der Waals surface area contributed by atoms with E-state index in [9.17, 15) is 9.59 Å². The van der Waals surface area contributed by atoms with Crippen molar-refractivity contribution in [3.63, 3.8) is 0 Å². The molecule has 11 heteroatoms.